The molecule has 1 aromatic heterocycles. The maximum Gasteiger partial charge on any atom is 0.276 e. The van der Waals surface area contributed by atoms with Gasteiger partial charge in [0.1, 0.15) is 5.82 Å². The largest absolute Gasteiger partial charge is 0.493 e. The van der Waals surface area contributed by atoms with Crippen molar-refractivity contribution in [1.29, 1.82) is 0 Å². The lowest BCUT2D eigenvalue weighted by Gasteiger charge is -2.14. The van der Waals surface area contributed by atoms with E-state index in [1.807, 2.05) is 0 Å². The standard InChI is InChI=1S/C21H19FN4O4/c1-29-18-8-12(22)6-7-17(18)30-21-19(25-15-4-2-3-5-16(15)26-21)20(28)24-13-9-14(11-27)23-10-13/h2-9,13,23,27H,10-11H2,1H3,(H,24,28). The summed E-state index contributed by atoms with van der Waals surface area (Å²) >= 11 is 0. The molecule has 30 heavy (non-hydrogen) atoms. The molecule has 0 spiro atoms. The Morgan fingerprint density at radius 1 is 1.23 bits per heavy atom. The van der Waals surface area contributed by atoms with Crippen LogP contribution in [0.25, 0.3) is 11.0 Å². The summed E-state index contributed by atoms with van der Waals surface area (Å²) in [5.74, 6) is -0.656. The van der Waals surface area contributed by atoms with Gasteiger partial charge in [0.2, 0.25) is 0 Å². The number of aliphatic hydroxyl groups is 1. The monoisotopic (exact) mass is 410 g/mol. The molecule has 9 heteroatoms. The highest BCUT2D eigenvalue weighted by molar-refractivity contribution is 5.96. The Hall–Kier alpha value is -3.72. The lowest BCUT2D eigenvalue weighted by molar-refractivity contribution is 0.0937. The fourth-order valence-electron chi connectivity index (χ4n) is 3.07. The molecule has 3 N–H and O–H groups in total. The van der Waals surface area contributed by atoms with Gasteiger partial charge in [-0.1, -0.05) is 12.1 Å². The third-order valence-corrected chi connectivity index (χ3v) is 4.52. The predicted molar refractivity (Wildman–Crippen MR) is 107 cm³/mol. The molecule has 1 unspecified atom stereocenters. The molecular weight excluding hydrogens is 391 g/mol. The number of hydrogen-bond acceptors (Lipinski definition) is 7. The molecule has 0 fully saturated rings. The number of carbonyl (C=O) groups is 1. The number of nitrogens with zero attached hydrogens (tertiary/aromatic N) is 2. The number of carbonyl (C=O) groups excluding carboxylic acids is 1. The molecular formula is C21H19FN4O4. The van der Waals surface area contributed by atoms with E-state index in [0.29, 0.717) is 23.3 Å². The Morgan fingerprint density at radius 2 is 2.00 bits per heavy atom. The molecule has 1 aliphatic rings. The van der Waals surface area contributed by atoms with E-state index >= 15 is 0 Å². The van der Waals surface area contributed by atoms with Crippen LogP contribution in [0.3, 0.4) is 0 Å². The first kappa shape index (κ1) is 19.6. The molecule has 2 heterocycles. The molecule has 1 atom stereocenters. The molecule has 0 aliphatic carbocycles. The first-order valence-corrected chi connectivity index (χ1v) is 9.22. The minimum atomic E-state index is -0.494. The number of benzene rings is 2. The quantitative estimate of drug-likeness (QED) is 0.572. The summed E-state index contributed by atoms with van der Waals surface area (Å²) in [6.45, 7) is 0.311. The smallest absolute Gasteiger partial charge is 0.276 e. The van der Waals surface area contributed by atoms with Crippen LogP contribution >= 0.6 is 0 Å². The summed E-state index contributed by atoms with van der Waals surface area (Å²) in [7, 11) is 1.39. The van der Waals surface area contributed by atoms with E-state index in [1.165, 1.54) is 25.3 Å². The minimum absolute atomic E-state index is 0.0223. The number of fused-ring (bicyclic) bond motifs is 1. The van der Waals surface area contributed by atoms with Gasteiger partial charge >= 0.3 is 0 Å². The van der Waals surface area contributed by atoms with Crippen LogP contribution in [0, 0.1) is 5.82 Å². The van der Waals surface area contributed by atoms with Gasteiger partial charge in [-0.05, 0) is 30.3 Å². The van der Waals surface area contributed by atoms with E-state index in [-0.39, 0.29) is 35.7 Å². The highest BCUT2D eigenvalue weighted by atomic mass is 19.1. The van der Waals surface area contributed by atoms with Gasteiger partial charge in [-0.25, -0.2) is 14.4 Å². The number of ether oxygens (including phenoxy) is 2. The normalized spacial score (nSPS) is 15.4. The van der Waals surface area contributed by atoms with Crippen LogP contribution in [0.15, 0.2) is 54.2 Å². The second-order valence-electron chi connectivity index (χ2n) is 6.57. The molecule has 2 aromatic carbocycles. The number of methoxy groups -OCH3 is 1. The van der Waals surface area contributed by atoms with Crippen molar-refractivity contribution < 1.29 is 23.8 Å². The molecule has 0 bridgehead atoms. The molecule has 154 valence electrons. The fraction of sp³-hybridized carbons (Fsp3) is 0.190. The van der Waals surface area contributed by atoms with Crippen molar-refractivity contribution in [3.63, 3.8) is 0 Å². The summed E-state index contributed by atoms with van der Waals surface area (Å²) in [6.07, 6.45) is 1.73. The molecule has 3 aromatic rings. The van der Waals surface area contributed by atoms with Crippen molar-refractivity contribution in [3.8, 4) is 17.4 Å². The van der Waals surface area contributed by atoms with Crippen molar-refractivity contribution >= 4 is 16.9 Å². The molecule has 0 saturated carbocycles. The number of rotatable bonds is 6. The number of para-hydroxylation sites is 2. The van der Waals surface area contributed by atoms with E-state index < -0.39 is 11.7 Å². The zero-order valence-electron chi connectivity index (χ0n) is 16.1. The number of hydrogen-bond donors (Lipinski definition) is 3. The topological polar surface area (TPSA) is 106 Å². The minimum Gasteiger partial charge on any atom is -0.493 e. The van der Waals surface area contributed by atoms with Crippen LogP contribution in [0.1, 0.15) is 10.5 Å². The van der Waals surface area contributed by atoms with E-state index in [4.69, 9.17) is 9.47 Å². The maximum atomic E-state index is 13.5. The van der Waals surface area contributed by atoms with Gasteiger partial charge in [0.25, 0.3) is 11.8 Å². The Balaban J connectivity index is 1.71. The van der Waals surface area contributed by atoms with E-state index in [9.17, 15) is 14.3 Å². The van der Waals surface area contributed by atoms with E-state index in [2.05, 4.69) is 20.6 Å². The first-order chi connectivity index (χ1) is 14.6. The van der Waals surface area contributed by atoms with Gasteiger partial charge in [0.05, 0.1) is 30.8 Å². The molecule has 8 nitrogen and oxygen atoms in total. The van der Waals surface area contributed by atoms with Crippen LogP contribution < -0.4 is 20.1 Å². The van der Waals surface area contributed by atoms with Crippen LogP contribution in [-0.4, -0.2) is 47.3 Å². The second-order valence-corrected chi connectivity index (χ2v) is 6.57. The van der Waals surface area contributed by atoms with Gasteiger partial charge in [-0.3, -0.25) is 4.79 Å². The number of halogens is 1. The molecule has 1 aliphatic heterocycles. The van der Waals surface area contributed by atoms with Gasteiger partial charge < -0.3 is 25.2 Å². The van der Waals surface area contributed by atoms with Crippen LogP contribution in [0.4, 0.5) is 4.39 Å². The highest BCUT2D eigenvalue weighted by Gasteiger charge is 2.24. The van der Waals surface area contributed by atoms with Crippen molar-refractivity contribution in [3.05, 3.63) is 65.7 Å². The number of nitrogens with one attached hydrogen (secondary N) is 2. The number of aliphatic hydroxyl groups excluding tert-OH is 1. The third-order valence-electron chi connectivity index (χ3n) is 4.52. The lowest BCUT2D eigenvalue weighted by Crippen LogP contribution is -2.37. The van der Waals surface area contributed by atoms with Gasteiger partial charge in [0.15, 0.2) is 17.2 Å². The lowest BCUT2D eigenvalue weighted by atomic mass is 10.2. The molecule has 1 amide bonds. The summed E-state index contributed by atoms with van der Waals surface area (Å²) in [6, 6.07) is 10.5. The van der Waals surface area contributed by atoms with Crippen LogP contribution in [0.5, 0.6) is 17.4 Å². The summed E-state index contributed by atoms with van der Waals surface area (Å²) in [5.41, 5.74) is 1.68. The predicted octanol–water partition coefficient (Wildman–Crippen LogP) is 2.15. The average molecular weight is 410 g/mol. The fourth-order valence-corrected chi connectivity index (χ4v) is 3.07. The SMILES string of the molecule is COc1cc(F)ccc1Oc1nc2ccccc2nc1C(=O)NC1C=C(CO)NC1. The van der Waals surface area contributed by atoms with Gasteiger partial charge in [0, 0.05) is 18.3 Å². The Morgan fingerprint density at radius 3 is 2.70 bits per heavy atom. The number of amides is 1. The van der Waals surface area contributed by atoms with Crippen molar-refractivity contribution in [2.45, 2.75) is 6.04 Å². The first-order valence-electron chi connectivity index (χ1n) is 9.22. The average Bonchev–Trinajstić information content (AvgIpc) is 3.22. The van der Waals surface area contributed by atoms with Crippen molar-refractivity contribution in [2.24, 2.45) is 0 Å². The van der Waals surface area contributed by atoms with E-state index in [1.54, 1.807) is 30.3 Å². The molecule has 0 radical (unpaired) electrons. The zero-order valence-corrected chi connectivity index (χ0v) is 16.1. The Kier molecular flexibility index (Phi) is 5.44. The maximum absolute atomic E-state index is 13.5. The number of aromatic nitrogens is 2. The summed E-state index contributed by atoms with van der Waals surface area (Å²) < 4.78 is 24.5. The van der Waals surface area contributed by atoms with Gasteiger partial charge in [-0.2, -0.15) is 0 Å². The summed E-state index contributed by atoms with van der Waals surface area (Å²) in [5, 5.41) is 15.0. The van der Waals surface area contributed by atoms with Crippen LogP contribution in [-0.2, 0) is 0 Å². The molecule has 4 rings (SSSR count). The highest BCUT2D eigenvalue weighted by Crippen LogP contribution is 2.33. The summed E-state index contributed by atoms with van der Waals surface area (Å²) in [4.78, 5) is 21.8. The zero-order chi connectivity index (χ0) is 21.1. The van der Waals surface area contributed by atoms with Gasteiger partial charge in [-0.15, -0.1) is 0 Å². The van der Waals surface area contributed by atoms with E-state index in [0.717, 1.165) is 0 Å². The molecule has 0 saturated heterocycles. The second kappa shape index (κ2) is 8.34. The van der Waals surface area contributed by atoms with Crippen LogP contribution in [0.2, 0.25) is 0 Å². The Bertz CT molecular complexity index is 1140. The van der Waals surface area contributed by atoms with Crippen molar-refractivity contribution in [1.82, 2.24) is 20.6 Å². The Labute approximate surface area is 171 Å². The third kappa shape index (κ3) is 4.01. The van der Waals surface area contributed by atoms with Crippen molar-refractivity contribution in [2.75, 3.05) is 20.3 Å².